The Kier molecular flexibility index (Phi) is 9.36. The minimum atomic E-state index is -0.652. The van der Waals surface area contributed by atoms with Gasteiger partial charge in [-0.3, -0.25) is 14.9 Å². The molecule has 0 aliphatic carbocycles. The zero-order valence-electron chi connectivity index (χ0n) is 23.3. The van der Waals surface area contributed by atoms with E-state index in [1.165, 1.54) is 6.08 Å². The summed E-state index contributed by atoms with van der Waals surface area (Å²) in [5.74, 6) is -0.439. The zero-order chi connectivity index (χ0) is 29.6. The highest BCUT2D eigenvalue weighted by molar-refractivity contribution is 6.30. The second-order valence-corrected chi connectivity index (χ2v) is 11.2. The van der Waals surface area contributed by atoms with E-state index in [-0.39, 0.29) is 17.7 Å². The molecule has 1 aliphatic heterocycles. The van der Waals surface area contributed by atoms with Crippen LogP contribution in [0, 0.1) is 5.92 Å². The SMILES string of the molecule is CN1CC(C(=O)Nc2ccc(Cl)cc2)C(c2ncc(C=CC(=O)Nc3ccccc3NC(=O)OC(C)(C)C)cn2)C1. The van der Waals surface area contributed by atoms with E-state index in [1.807, 2.05) is 7.05 Å². The van der Waals surface area contributed by atoms with Crippen LogP contribution >= 0.6 is 11.6 Å². The van der Waals surface area contributed by atoms with Crippen LogP contribution in [0.15, 0.2) is 67.0 Å². The van der Waals surface area contributed by atoms with Crippen LogP contribution in [-0.4, -0.2) is 58.5 Å². The van der Waals surface area contributed by atoms with Crippen LogP contribution in [0.1, 0.15) is 38.1 Å². The third-order valence-corrected chi connectivity index (χ3v) is 6.47. The lowest BCUT2D eigenvalue weighted by Crippen LogP contribution is -2.29. The molecule has 3 aromatic rings. The van der Waals surface area contributed by atoms with Crippen molar-refractivity contribution in [2.24, 2.45) is 5.92 Å². The van der Waals surface area contributed by atoms with Gasteiger partial charge in [-0.15, -0.1) is 0 Å². The molecule has 3 N–H and O–H groups in total. The number of likely N-dealkylation sites (tertiary alicyclic amines) is 1. The standard InChI is InChI=1S/C30H33ClN6O4/c1-30(2,3)41-29(40)36-25-8-6-5-7-24(25)35-26(38)14-9-19-15-32-27(33-16-19)22-17-37(4)18-23(22)28(39)34-21-12-10-20(31)11-13-21/h5-16,22-23H,17-18H2,1-4H3,(H,34,39)(H,35,38)(H,36,40). The van der Waals surface area contributed by atoms with Gasteiger partial charge in [0.1, 0.15) is 11.4 Å². The molecule has 2 atom stereocenters. The minimum absolute atomic E-state index is 0.104. The molecule has 1 aromatic heterocycles. The number of benzene rings is 2. The van der Waals surface area contributed by atoms with Crippen molar-refractivity contribution in [3.8, 4) is 0 Å². The van der Waals surface area contributed by atoms with Gasteiger partial charge < -0.3 is 20.3 Å². The Morgan fingerprint density at radius 2 is 1.59 bits per heavy atom. The molecule has 0 saturated carbocycles. The van der Waals surface area contributed by atoms with E-state index < -0.39 is 17.6 Å². The molecular weight excluding hydrogens is 544 g/mol. The first-order valence-corrected chi connectivity index (χ1v) is 13.5. The molecular formula is C30H33ClN6O4. The number of nitrogens with one attached hydrogen (secondary N) is 3. The van der Waals surface area contributed by atoms with Gasteiger partial charge in [-0.2, -0.15) is 0 Å². The predicted octanol–water partition coefficient (Wildman–Crippen LogP) is 5.41. The van der Waals surface area contributed by atoms with Crippen LogP contribution in [0.25, 0.3) is 6.08 Å². The first-order chi connectivity index (χ1) is 19.5. The number of carbonyl (C=O) groups is 3. The minimum Gasteiger partial charge on any atom is -0.444 e. The Hall–Kier alpha value is -4.28. The average molecular weight is 577 g/mol. The molecule has 2 heterocycles. The Morgan fingerprint density at radius 1 is 0.951 bits per heavy atom. The largest absolute Gasteiger partial charge is 0.444 e. The first-order valence-electron chi connectivity index (χ1n) is 13.1. The number of ether oxygens (including phenoxy) is 1. The quantitative estimate of drug-likeness (QED) is 0.321. The summed E-state index contributed by atoms with van der Waals surface area (Å²) in [6.45, 7) is 6.54. The van der Waals surface area contributed by atoms with Crippen molar-refractivity contribution in [1.82, 2.24) is 14.9 Å². The van der Waals surface area contributed by atoms with Gasteiger partial charge in [-0.1, -0.05) is 23.7 Å². The number of hydrogen-bond donors (Lipinski definition) is 3. The lowest BCUT2D eigenvalue weighted by Gasteiger charge is -2.20. The molecule has 0 bridgehead atoms. The number of amides is 3. The number of hydrogen-bond acceptors (Lipinski definition) is 7. The summed E-state index contributed by atoms with van der Waals surface area (Å²) in [6, 6.07) is 13.8. The van der Waals surface area contributed by atoms with Crippen LogP contribution in [-0.2, 0) is 14.3 Å². The van der Waals surface area contributed by atoms with Crippen molar-refractivity contribution >= 4 is 52.6 Å². The molecule has 1 aliphatic rings. The van der Waals surface area contributed by atoms with Crippen molar-refractivity contribution in [3.63, 3.8) is 0 Å². The second-order valence-electron chi connectivity index (χ2n) is 10.8. The summed E-state index contributed by atoms with van der Waals surface area (Å²) >= 11 is 5.95. The average Bonchev–Trinajstić information content (AvgIpc) is 3.31. The number of halogens is 1. The fourth-order valence-electron chi connectivity index (χ4n) is 4.38. The molecule has 2 unspecified atom stereocenters. The zero-order valence-corrected chi connectivity index (χ0v) is 24.1. The first kappa shape index (κ1) is 29.7. The predicted molar refractivity (Wildman–Crippen MR) is 160 cm³/mol. The molecule has 4 rings (SSSR count). The number of nitrogens with zero attached hydrogens (tertiary/aromatic N) is 3. The lowest BCUT2D eigenvalue weighted by molar-refractivity contribution is -0.120. The van der Waals surface area contributed by atoms with E-state index in [0.717, 1.165) is 0 Å². The molecule has 41 heavy (non-hydrogen) atoms. The fraction of sp³-hybridized carbons (Fsp3) is 0.300. The number of anilines is 3. The monoisotopic (exact) mass is 576 g/mol. The van der Waals surface area contributed by atoms with Gasteiger partial charge in [0.25, 0.3) is 0 Å². The fourth-order valence-corrected chi connectivity index (χ4v) is 4.51. The van der Waals surface area contributed by atoms with Crippen LogP contribution in [0.4, 0.5) is 21.9 Å². The highest BCUT2D eigenvalue weighted by atomic mass is 35.5. The maximum Gasteiger partial charge on any atom is 0.412 e. The van der Waals surface area contributed by atoms with Crippen LogP contribution in [0.5, 0.6) is 0 Å². The number of likely N-dealkylation sites (N-methyl/N-ethyl adjacent to an activating group) is 1. The summed E-state index contributed by atoms with van der Waals surface area (Å²) in [7, 11) is 1.96. The Bertz CT molecular complexity index is 1420. The van der Waals surface area contributed by atoms with E-state index in [4.69, 9.17) is 16.3 Å². The van der Waals surface area contributed by atoms with Crippen molar-refractivity contribution < 1.29 is 19.1 Å². The topological polar surface area (TPSA) is 126 Å². The summed E-state index contributed by atoms with van der Waals surface area (Å²) in [4.78, 5) is 48.9. The summed E-state index contributed by atoms with van der Waals surface area (Å²) < 4.78 is 5.29. The third-order valence-electron chi connectivity index (χ3n) is 6.22. The van der Waals surface area contributed by atoms with Crippen molar-refractivity contribution in [1.29, 1.82) is 0 Å². The van der Waals surface area contributed by atoms with Gasteiger partial charge in [0.2, 0.25) is 11.8 Å². The number of aromatic nitrogens is 2. The highest BCUT2D eigenvalue weighted by Gasteiger charge is 2.38. The molecule has 0 spiro atoms. The van der Waals surface area contributed by atoms with Gasteiger partial charge >= 0.3 is 6.09 Å². The maximum absolute atomic E-state index is 13.1. The molecule has 1 saturated heterocycles. The normalized spacial score (nSPS) is 17.3. The molecule has 1 fully saturated rings. The summed E-state index contributed by atoms with van der Waals surface area (Å²) in [5, 5.41) is 8.96. The van der Waals surface area contributed by atoms with Gasteiger partial charge in [0.15, 0.2) is 0 Å². The van der Waals surface area contributed by atoms with E-state index in [9.17, 15) is 14.4 Å². The van der Waals surface area contributed by atoms with Crippen molar-refractivity contribution in [2.45, 2.75) is 32.3 Å². The molecule has 214 valence electrons. The van der Waals surface area contributed by atoms with E-state index >= 15 is 0 Å². The summed E-state index contributed by atoms with van der Waals surface area (Å²) in [6.07, 6.45) is 5.57. The van der Waals surface area contributed by atoms with Crippen LogP contribution in [0.2, 0.25) is 5.02 Å². The van der Waals surface area contributed by atoms with Crippen molar-refractivity contribution in [3.05, 3.63) is 83.4 Å². The van der Waals surface area contributed by atoms with Gasteiger partial charge in [-0.05, 0) is 70.3 Å². The van der Waals surface area contributed by atoms with Crippen LogP contribution in [0.3, 0.4) is 0 Å². The number of carbonyl (C=O) groups excluding carboxylic acids is 3. The van der Waals surface area contributed by atoms with E-state index in [0.29, 0.717) is 46.6 Å². The molecule has 10 nitrogen and oxygen atoms in total. The molecule has 2 aromatic carbocycles. The smallest absolute Gasteiger partial charge is 0.412 e. The Labute approximate surface area is 244 Å². The van der Waals surface area contributed by atoms with Gasteiger partial charge in [0.05, 0.1) is 17.3 Å². The highest BCUT2D eigenvalue weighted by Crippen LogP contribution is 2.31. The third kappa shape index (κ3) is 8.60. The Morgan fingerprint density at radius 3 is 2.22 bits per heavy atom. The van der Waals surface area contributed by atoms with E-state index in [2.05, 4.69) is 30.8 Å². The lowest BCUT2D eigenvalue weighted by atomic mass is 9.94. The molecule has 11 heteroatoms. The van der Waals surface area contributed by atoms with Crippen LogP contribution < -0.4 is 16.0 Å². The molecule has 3 amide bonds. The number of rotatable bonds is 7. The van der Waals surface area contributed by atoms with Crippen molar-refractivity contribution in [2.75, 3.05) is 36.1 Å². The second kappa shape index (κ2) is 12.9. The van der Waals surface area contributed by atoms with Gasteiger partial charge in [0, 0.05) is 53.8 Å². The van der Waals surface area contributed by atoms with E-state index in [1.54, 1.807) is 87.8 Å². The maximum atomic E-state index is 13.1. The Balaban J connectivity index is 1.37. The number of para-hydroxylation sites is 2. The summed E-state index contributed by atoms with van der Waals surface area (Å²) in [5.41, 5.74) is 1.48. The van der Waals surface area contributed by atoms with Gasteiger partial charge in [-0.25, -0.2) is 14.8 Å². The molecule has 0 radical (unpaired) electrons.